The van der Waals surface area contributed by atoms with Crippen LogP contribution in [0.3, 0.4) is 0 Å². The molecule has 0 bridgehead atoms. The number of carbonyl (C=O) groups excluding carboxylic acids is 1. The molecule has 5 heteroatoms. The number of amides is 1. The molecule has 4 nitrogen and oxygen atoms in total. The van der Waals surface area contributed by atoms with Crippen LogP contribution < -0.4 is 5.32 Å². The van der Waals surface area contributed by atoms with Crippen molar-refractivity contribution in [3.05, 3.63) is 119 Å². The highest BCUT2D eigenvalue weighted by Gasteiger charge is 2.26. The Morgan fingerprint density at radius 2 is 1.41 bits per heavy atom. The monoisotopic (exact) mass is 443 g/mol. The average Bonchev–Trinajstić information content (AvgIpc) is 3.29. The standard InChI is InChI=1S/C27H25NO3S/c1-18-10-9-11-19(2)26(18)32-23-17-16-22(31-23)27(30)28-24(20-12-5-3-6-13-20)25(29)21-14-7-4-8-15-21/h3-17,24-25,29H,1-2H3,(H,28,30). The second-order valence-corrected chi connectivity index (χ2v) is 8.67. The Hall–Kier alpha value is -3.28. The van der Waals surface area contributed by atoms with Crippen molar-refractivity contribution in [3.63, 3.8) is 0 Å². The maximum Gasteiger partial charge on any atom is 0.287 e. The molecule has 0 aliphatic heterocycles. The van der Waals surface area contributed by atoms with E-state index < -0.39 is 12.1 Å². The molecule has 162 valence electrons. The zero-order valence-corrected chi connectivity index (χ0v) is 18.8. The maximum absolute atomic E-state index is 13.0. The molecule has 32 heavy (non-hydrogen) atoms. The molecule has 4 aromatic rings. The number of aryl methyl sites for hydroxylation is 2. The fraction of sp³-hybridized carbons (Fsp3) is 0.148. The molecule has 2 atom stereocenters. The normalized spacial score (nSPS) is 12.8. The van der Waals surface area contributed by atoms with Crippen molar-refractivity contribution in [2.24, 2.45) is 0 Å². The van der Waals surface area contributed by atoms with E-state index in [9.17, 15) is 9.90 Å². The highest BCUT2D eigenvalue weighted by atomic mass is 32.2. The van der Waals surface area contributed by atoms with E-state index in [1.165, 1.54) is 11.8 Å². The van der Waals surface area contributed by atoms with Gasteiger partial charge in [0.1, 0.15) is 6.10 Å². The van der Waals surface area contributed by atoms with Crippen molar-refractivity contribution in [3.8, 4) is 0 Å². The van der Waals surface area contributed by atoms with Gasteiger partial charge < -0.3 is 14.8 Å². The quantitative estimate of drug-likeness (QED) is 0.354. The van der Waals surface area contributed by atoms with Crippen LogP contribution in [0.5, 0.6) is 0 Å². The van der Waals surface area contributed by atoms with Crippen LogP contribution in [0.25, 0.3) is 0 Å². The van der Waals surface area contributed by atoms with E-state index in [1.807, 2.05) is 66.7 Å². The molecule has 0 fully saturated rings. The Balaban J connectivity index is 1.55. The molecular weight excluding hydrogens is 418 g/mol. The molecule has 0 aliphatic rings. The second kappa shape index (κ2) is 9.90. The van der Waals surface area contributed by atoms with E-state index in [4.69, 9.17) is 4.42 Å². The molecule has 1 heterocycles. The summed E-state index contributed by atoms with van der Waals surface area (Å²) in [7, 11) is 0. The zero-order chi connectivity index (χ0) is 22.5. The largest absolute Gasteiger partial charge is 0.444 e. The Bertz CT molecular complexity index is 1170. The van der Waals surface area contributed by atoms with Crippen molar-refractivity contribution in [2.75, 3.05) is 0 Å². The highest BCUT2D eigenvalue weighted by Crippen LogP contribution is 2.34. The summed E-state index contributed by atoms with van der Waals surface area (Å²) in [6.07, 6.45) is -0.902. The summed E-state index contributed by atoms with van der Waals surface area (Å²) >= 11 is 1.50. The van der Waals surface area contributed by atoms with Crippen LogP contribution in [-0.2, 0) is 0 Å². The number of rotatable bonds is 7. The SMILES string of the molecule is Cc1cccc(C)c1Sc1ccc(C(=O)NC(c2ccccc2)C(O)c2ccccc2)o1. The van der Waals surface area contributed by atoms with Crippen molar-refractivity contribution in [2.45, 2.75) is 36.0 Å². The number of hydrogen-bond acceptors (Lipinski definition) is 4. The van der Waals surface area contributed by atoms with E-state index in [-0.39, 0.29) is 11.7 Å². The number of benzene rings is 3. The first-order valence-electron chi connectivity index (χ1n) is 10.5. The van der Waals surface area contributed by atoms with E-state index in [0.29, 0.717) is 5.09 Å². The summed E-state index contributed by atoms with van der Waals surface area (Å²) in [4.78, 5) is 14.2. The topological polar surface area (TPSA) is 62.5 Å². The Labute approximate surface area is 192 Å². The fourth-order valence-electron chi connectivity index (χ4n) is 3.62. The van der Waals surface area contributed by atoms with Crippen LogP contribution >= 0.6 is 11.8 Å². The van der Waals surface area contributed by atoms with Crippen molar-refractivity contribution in [1.82, 2.24) is 5.32 Å². The van der Waals surface area contributed by atoms with Crippen molar-refractivity contribution in [1.29, 1.82) is 0 Å². The lowest BCUT2D eigenvalue weighted by molar-refractivity contribution is 0.0801. The van der Waals surface area contributed by atoms with Gasteiger partial charge in [-0.1, -0.05) is 90.6 Å². The van der Waals surface area contributed by atoms with Crippen LogP contribution in [0, 0.1) is 13.8 Å². The number of aliphatic hydroxyl groups is 1. The fourth-order valence-corrected chi connectivity index (χ4v) is 4.54. The summed E-state index contributed by atoms with van der Waals surface area (Å²) in [5.41, 5.74) is 3.86. The van der Waals surface area contributed by atoms with E-state index >= 15 is 0 Å². The van der Waals surface area contributed by atoms with E-state index in [1.54, 1.807) is 12.1 Å². The molecule has 2 N–H and O–H groups in total. The van der Waals surface area contributed by atoms with Gasteiger partial charge in [0.15, 0.2) is 10.9 Å². The van der Waals surface area contributed by atoms with Gasteiger partial charge in [0.25, 0.3) is 5.91 Å². The predicted octanol–water partition coefficient (Wildman–Crippen LogP) is 6.25. The maximum atomic E-state index is 13.0. The predicted molar refractivity (Wildman–Crippen MR) is 127 cm³/mol. The first kappa shape index (κ1) is 21.9. The van der Waals surface area contributed by atoms with Gasteiger partial charge in [0.2, 0.25) is 0 Å². The van der Waals surface area contributed by atoms with Crippen LogP contribution in [0.1, 0.15) is 45.0 Å². The van der Waals surface area contributed by atoms with Gasteiger partial charge in [-0.2, -0.15) is 0 Å². The lowest BCUT2D eigenvalue weighted by Gasteiger charge is -2.24. The van der Waals surface area contributed by atoms with Gasteiger partial charge in [0.05, 0.1) is 6.04 Å². The average molecular weight is 444 g/mol. The summed E-state index contributed by atoms with van der Waals surface area (Å²) < 4.78 is 5.85. The Kier molecular flexibility index (Phi) is 6.78. The molecule has 0 saturated carbocycles. The molecular formula is C27H25NO3S. The van der Waals surface area contributed by atoms with Crippen molar-refractivity contribution < 1.29 is 14.3 Å². The molecule has 4 rings (SSSR count). The third-order valence-corrected chi connectivity index (χ3v) is 6.59. The van der Waals surface area contributed by atoms with Crippen LogP contribution in [0.15, 0.2) is 105 Å². The Morgan fingerprint density at radius 3 is 2.03 bits per heavy atom. The van der Waals surface area contributed by atoms with Gasteiger partial charge in [0, 0.05) is 4.90 Å². The minimum absolute atomic E-state index is 0.208. The molecule has 0 saturated heterocycles. The first-order chi connectivity index (χ1) is 15.5. The summed E-state index contributed by atoms with van der Waals surface area (Å²) in [5.74, 6) is -0.165. The van der Waals surface area contributed by atoms with E-state index in [0.717, 1.165) is 27.1 Å². The molecule has 3 aromatic carbocycles. The summed E-state index contributed by atoms with van der Waals surface area (Å²) in [6, 6.07) is 27.8. The van der Waals surface area contributed by atoms with Crippen LogP contribution in [0.2, 0.25) is 0 Å². The van der Waals surface area contributed by atoms with Crippen molar-refractivity contribution >= 4 is 17.7 Å². The lowest BCUT2D eigenvalue weighted by Crippen LogP contribution is -2.32. The molecule has 1 aromatic heterocycles. The third-order valence-electron chi connectivity index (χ3n) is 5.32. The molecule has 0 spiro atoms. The smallest absolute Gasteiger partial charge is 0.287 e. The highest BCUT2D eigenvalue weighted by molar-refractivity contribution is 7.99. The lowest BCUT2D eigenvalue weighted by atomic mass is 9.95. The van der Waals surface area contributed by atoms with Gasteiger partial charge in [-0.25, -0.2) is 0 Å². The molecule has 2 unspecified atom stereocenters. The third kappa shape index (κ3) is 4.96. The molecule has 0 aliphatic carbocycles. The number of nitrogens with one attached hydrogen (secondary N) is 1. The summed E-state index contributed by atoms with van der Waals surface area (Å²) in [6.45, 7) is 4.11. The van der Waals surface area contributed by atoms with Gasteiger partial charge in [-0.05, 0) is 48.2 Å². The minimum Gasteiger partial charge on any atom is -0.444 e. The number of aliphatic hydroxyl groups excluding tert-OH is 1. The number of carbonyl (C=O) groups is 1. The summed E-state index contributed by atoms with van der Waals surface area (Å²) in [5, 5.41) is 14.6. The van der Waals surface area contributed by atoms with Gasteiger partial charge >= 0.3 is 0 Å². The molecule has 0 radical (unpaired) electrons. The van der Waals surface area contributed by atoms with Crippen LogP contribution in [-0.4, -0.2) is 11.0 Å². The second-order valence-electron chi connectivity index (χ2n) is 7.66. The molecule has 1 amide bonds. The van der Waals surface area contributed by atoms with Gasteiger partial charge in [-0.3, -0.25) is 4.79 Å². The van der Waals surface area contributed by atoms with Crippen LogP contribution in [0.4, 0.5) is 0 Å². The number of hydrogen-bond donors (Lipinski definition) is 2. The Morgan fingerprint density at radius 1 is 0.812 bits per heavy atom. The van der Waals surface area contributed by atoms with Gasteiger partial charge in [-0.15, -0.1) is 0 Å². The zero-order valence-electron chi connectivity index (χ0n) is 18.0. The number of furan rings is 1. The minimum atomic E-state index is -0.902. The first-order valence-corrected chi connectivity index (χ1v) is 11.3. The van der Waals surface area contributed by atoms with E-state index in [2.05, 4.69) is 31.3 Å².